The van der Waals surface area contributed by atoms with Gasteiger partial charge in [0.2, 0.25) is 0 Å². The second kappa shape index (κ2) is 5.03. The average Bonchev–Trinajstić information content (AvgIpc) is 2.89. The molecule has 0 saturated heterocycles. The molecule has 1 unspecified atom stereocenters. The molecule has 3 rings (SSSR count). The van der Waals surface area contributed by atoms with Crippen LogP contribution >= 0.6 is 11.6 Å². The molecule has 0 bridgehead atoms. The van der Waals surface area contributed by atoms with Crippen molar-refractivity contribution in [3.63, 3.8) is 0 Å². The second-order valence-electron chi connectivity index (χ2n) is 6.69. The van der Waals surface area contributed by atoms with E-state index in [1.54, 1.807) is 0 Å². The third kappa shape index (κ3) is 2.44. The predicted octanol–water partition coefficient (Wildman–Crippen LogP) is 4.27. The minimum absolute atomic E-state index is 0.420. The van der Waals surface area contributed by atoms with Crippen LogP contribution in [0.4, 0.5) is 0 Å². The van der Waals surface area contributed by atoms with Gasteiger partial charge in [-0.15, -0.1) is 11.6 Å². The summed E-state index contributed by atoms with van der Waals surface area (Å²) in [6.45, 7) is 6.74. The Hall–Kier alpha value is -1.09. The fourth-order valence-corrected chi connectivity index (χ4v) is 3.55. The number of pyridine rings is 1. The number of aromatic nitrogens is 3. The van der Waals surface area contributed by atoms with Gasteiger partial charge in [-0.3, -0.25) is 0 Å². The molecule has 1 saturated carbocycles. The monoisotopic (exact) mass is 291 g/mol. The number of fused-ring (bicyclic) bond motifs is 1. The second-order valence-corrected chi connectivity index (χ2v) is 7.07. The lowest BCUT2D eigenvalue weighted by Crippen LogP contribution is -2.13. The minimum Gasteiger partial charge on any atom is -0.310 e. The summed E-state index contributed by atoms with van der Waals surface area (Å²) < 4.78 is 2.36. The van der Waals surface area contributed by atoms with Gasteiger partial charge in [-0.2, -0.15) is 0 Å². The molecule has 0 spiro atoms. The molecule has 1 aliphatic carbocycles. The van der Waals surface area contributed by atoms with E-state index in [1.807, 2.05) is 13.0 Å². The van der Waals surface area contributed by atoms with E-state index in [4.69, 9.17) is 21.6 Å². The Kier molecular flexibility index (Phi) is 3.49. The molecule has 0 N–H and O–H groups in total. The van der Waals surface area contributed by atoms with Crippen molar-refractivity contribution in [2.75, 3.05) is 5.88 Å². The third-order valence-electron chi connectivity index (χ3n) is 4.38. The van der Waals surface area contributed by atoms with E-state index >= 15 is 0 Å². The van der Waals surface area contributed by atoms with Gasteiger partial charge in [0.25, 0.3) is 0 Å². The van der Waals surface area contributed by atoms with Crippen LogP contribution < -0.4 is 0 Å². The van der Waals surface area contributed by atoms with Crippen LogP contribution in [-0.2, 0) is 6.42 Å². The first-order valence-corrected chi connectivity index (χ1v) is 7.94. The molecule has 0 aromatic carbocycles. The largest absolute Gasteiger partial charge is 0.310 e. The number of rotatable bonds is 3. The molecule has 1 atom stereocenters. The maximum Gasteiger partial charge on any atom is 0.160 e. The summed E-state index contributed by atoms with van der Waals surface area (Å²) in [5, 5.41) is 0. The van der Waals surface area contributed by atoms with Crippen molar-refractivity contribution in [3.8, 4) is 0 Å². The molecule has 1 fully saturated rings. The predicted molar refractivity (Wildman–Crippen MR) is 83.4 cm³/mol. The molecule has 0 amide bonds. The number of nitrogens with zero attached hydrogens (tertiary/aromatic N) is 3. The van der Waals surface area contributed by atoms with E-state index in [2.05, 4.69) is 24.5 Å². The van der Waals surface area contributed by atoms with Gasteiger partial charge in [-0.05, 0) is 43.7 Å². The first kappa shape index (κ1) is 13.9. The van der Waals surface area contributed by atoms with Gasteiger partial charge in [0.1, 0.15) is 11.3 Å². The zero-order valence-corrected chi connectivity index (χ0v) is 13.2. The smallest absolute Gasteiger partial charge is 0.160 e. The number of alkyl halides is 1. The van der Waals surface area contributed by atoms with Crippen LogP contribution in [-0.4, -0.2) is 20.4 Å². The Morgan fingerprint density at radius 2 is 2.15 bits per heavy atom. The van der Waals surface area contributed by atoms with Crippen LogP contribution in [0.25, 0.3) is 11.2 Å². The van der Waals surface area contributed by atoms with Crippen LogP contribution in [0.2, 0.25) is 0 Å². The topological polar surface area (TPSA) is 30.7 Å². The number of halogens is 1. The van der Waals surface area contributed by atoms with Crippen LogP contribution in [0.15, 0.2) is 12.1 Å². The Balaban J connectivity index is 2.11. The Morgan fingerprint density at radius 1 is 1.35 bits per heavy atom. The molecule has 2 aromatic rings. The summed E-state index contributed by atoms with van der Waals surface area (Å²) in [5.74, 6) is 1.70. The number of hydrogen-bond donors (Lipinski definition) is 0. The highest BCUT2D eigenvalue weighted by atomic mass is 35.5. The van der Waals surface area contributed by atoms with Crippen LogP contribution in [0, 0.1) is 12.3 Å². The fraction of sp³-hybridized carbons (Fsp3) is 0.625. The van der Waals surface area contributed by atoms with Gasteiger partial charge in [-0.25, -0.2) is 9.97 Å². The number of hydrogen-bond acceptors (Lipinski definition) is 2. The molecular weight excluding hydrogens is 270 g/mol. The maximum atomic E-state index is 5.96. The van der Waals surface area contributed by atoms with Crippen molar-refractivity contribution in [2.45, 2.75) is 52.5 Å². The van der Waals surface area contributed by atoms with E-state index in [0.29, 0.717) is 17.3 Å². The summed E-state index contributed by atoms with van der Waals surface area (Å²) >= 11 is 5.96. The highest BCUT2D eigenvalue weighted by Crippen LogP contribution is 2.44. The van der Waals surface area contributed by atoms with Gasteiger partial charge >= 0.3 is 0 Å². The van der Waals surface area contributed by atoms with Crippen molar-refractivity contribution in [1.29, 1.82) is 0 Å². The fourth-order valence-electron chi connectivity index (χ4n) is 3.38. The summed E-state index contributed by atoms with van der Waals surface area (Å²) in [4.78, 5) is 9.48. The van der Waals surface area contributed by atoms with Crippen molar-refractivity contribution >= 4 is 22.8 Å². The molecule has 4 heteroatoms. The van der Waals surface area contributed by atoms with E-state index in [0.717, 1.165) is 29.1 Å². The minimum atomic E-state index is 0.420. The summed E-state index contributed by atoms with van der Waals surface area (Å²) in [6, 6.07) is 4.62. The summed E-state index contributed by atoms with van der Waals surface area (Å²) in [7, 11) is 0. The highest BCUT2D eigenvalue weighted by Gasteiger charge is 2.34. The van der Waals surface area contributed by atoms with E-state index in [9.17, 15) is 0 Å². The summed E-state index contributed by atoms with van der Waals surface area (Å²) in [5.41, 5.74) is 3.50. The van der Waals surface area contributed by atoms with Gasteiger partial charge in [-0.1, -0.05) is 13.8 Å². The molecule has 0 radical (unpaired) electrons. The SMILES string of the molecule is Cc1ccc2nc(CCCl)n(C3CCC(C)(C)C3)c2n1. The Morgan fingerprint density at radius 3 is 2.80 bits per heavy atom. The number of aryl methyl sites for hydroxylation is 2. The van der Waals surface area contributed by atoms with Gasteiger partial charge in [0.05, 0.1) is 0 Å². The van der Waals surface area contributed by atoms with Crippen molar-refractivity contribution < 1.29 is 0 Å². The highest BCUT2D eigenvalue weighted by molar-refractivity contribution is 6.17. The van der Waals surface area contributed by atoms with E-state index in [1.165, 1.54) is 19.3 Å². The van der Waals surface area contributed by atoms with Crippen molar-refractivity contribution in [1.82, 2.24) is 14.5 Å². The zero-order valence-electron chi connectivity index (χ0n) is 12.5. The normalized spacial score (nSPS) is 21.7. The zero-order chi connectivity index (χ0) is 14.3. The molecule has 2 aromatic heterocycles. The van der Waals surface area contributed by atoms with E-state index in [-0.39, 0.29) is 0 Å². The van der Waals surface area contributed by atoms with Crippen molar-refractivity contribution in [3.05, 3.63) is 23.7 Å². The lowest BCUT2D eigenvalue weighted by Gasteiger charge is -2.19. The molecular formula is C16H22ClN3. The first-order chi connectivity index (χ1) is 9.50. The molecule has 108 valence electrons. The quantitative estimate of drug-likeness (QED) is 0.791. The van der Waals surface area contributed by atoms with Crippen LogP contribution in [0.3, 0.4) is 0 Å². The van der Waals surface area contributed by atoms with Gasteiger partial charge in [0, 0.05) is 24.0 Å². The van der Waals surface area contributed by atoms with Crippen LogP contribution in [0.5, 0.6) is 0 Å². The lowest BCUT2D eigenvalue weighted by atomic mass is 9.92. The number of imidazole rings is 1. The lowest BCUT2D eigenvalue weighted by molar-refractivity contribution is 0.358. The molecule has 2 heterocycles. The maximum absolute atomic E-state index is 5.96. The molecule has 3 nitrogen and oxygen atoms in total. The average molecular weight is 292 g/mol. The Labute approximate surface area is 125 Å². The molecule has 20 heavy (non-hydrogen) atoms. The van der Waals surface area contributed by atoms with Gasteiger partial charge in [0.15, 0.2) is 5.65 Å². The van der Waals surface area contributed by atoms with E-state index < -0.39 is 0 Å². The van der Waals surface area contributed by atoms with Gasteiger partial charge < -0.3 is 4.57 Å². The third-order valence-corrected chi connectivity index (χ3v) is 4.56. The first-order valence-electron chi connectivity index (χ1n) is 7.40. The standard InChI is InChI=1S/C16H22ClN3/c1-11-4-5-13-15(18-11)20(14(19-13)7-9-17)12-6-8-16(2,3)10-12/h4-5,12H,6-10H2,1-3H3. The van der Waals surface area contributed by atoms with Crippen molar-refractivity contribution in [2.24, 2.45) is 5.41 Å². The molecule has 0 aliphatic heterocycles. The Bertz CT molecular complexity index is 630. The summed E-state index contributed by atoms with van der Waals surface area (Å²) in [6.07, 6.45) is 4.49. The molecule has 1 aliphatic rings. The van der Waals surface area contributed by atoms with Crippen LogP contribution in [0.1, 0.15) is 50.7 Å².